The molecule has 16 nitrogen and oxygen atoms in total. The minimum absolute atomic E-state index is 0.0391. The van der Waals surface area contributed by atoms with Gasteiger partial charge in [0.1, 0.15) is 23.8 Å². The van der Waals surface area contributed by atoms with Gasteiger partial charge >= 0.3 is 12.2 Å². The molecule has 9 rings (SSSR count). The Hall–Kier alpha value is -5.53. The quantitative estimate of drug-likeness (QED) is 0.0698. The van der Waals surface area contributed by atoms with Crippen molar-refractivity contribution in [2.24, 2.45) is 11.3 Å². The number of nitrogens with zero attached hydrogens (tertiary/aromatic N) is 6. The molecular formula is C51H60IN9O7. The zero-order valence-corrected chi connectivity index (χ0v) is 41.4. The van der Waals surface area contributed by atoms with Crippen LogP contribution >= 0.6 is 22.6 Å². The van der Waals surface area contributed by atoms with Gasteiger partial charge in [-0.3, -0.25) is 14.5 Å². The number of aliphatic hydroxyl groups excluding tert-OH is 1. The molecule has 2 aliphatic heterocycles. The van der Waals surface area contributed by atoms with E-state index in [0.29, 0.717) is 47.8 Å². The van der Waals surface area contributed by atoms with Crippen LogP contribution in [0.25, 0.3) is 44.4 Å². The highest BCUT2D eigenvalue weighted by atomic mass is 127. The van der Waals surface area contributed by atoms with E-state index in [1.165, 1.54) is 56.6 Å². The first kappa shape index (κ1) is 47.5. The second-order valence-electron chi connectivity index (χ2n) is 19.3. The van der Waals surface area contributed by atoms with Crippen LogP contribution in [-0.2, 0) is 27.1 Å². The van der Waals surface area contributed by atoms with Crippen LogP contribution in [0.1, 0.15) is 107 Å². The zero-order valence-electron chi connectivity index (χ0n) is 39.3. The highest BCUT2D eigenvalue weighted by Crippen LogP contribution is 2.53. The first-order chi connectivity index (χ1) is 32.8. The molecule has 68 heavy (non-hydrogen) atoms. The van der Waals surface area contributed by atoms with Crippen molar-refractivity contribution >= 4 is 51.6 Å². The number of rotatable bonds is 12. The third-order valence-electron chi connectivity index (χ3n) is 14.8. The lowest BCUT2D eigenvalue weighted by Crippen LogP contribution is -2.54. The van der Waals surface area contributed by atoms with Crippen LogP contribution in [-0.4, -0.2) is 108 Å². The SMILES string of the molecule is COC(=O)N[C@@H](C(C)C)C(O)N1CCC[C@H]1c1ncc(-c2ccc(-c3ccc(-c4ccc5nc([C@@H]6CCCN6C(=O)[C@@H](NC(=O)OC)C(C)I)[nH]c(=O)c5c4)c4c3CC3(CCCC3)C4)cc2)nn1. The summed E-state index contributed by atoms with van der Waals surface area (Å²) in [5.74, 6) is 0.704. The number of carbonyl (C=O) groups excluding carboxylic acids is 3. The fraction of sp³-hybridized carbons (Fsp3) is 0.490. The molecule has 1 spiro atoms. The van der Waals surface area contributed by atoms with E-state index < -0.39 is 36.5 Å². The van der Waals surface area contributed by atoms with Gasteiger partial charge in [-0.1, -0.05) is 98.7 Å². The Bertz CT molecular complexity index is 2740. The van der Waals surface area contributed by atoms with Crippen molar-refractivity contribution in [3.63, 3.8) is 0 Å². The Morgan fingerprint density at radius 3 is 2.10 bits per heavy atom. The number of fused-ring (bicyclic) bond motifs is 2. The van der Waals surface area contributed by atoms with E-state index in [1.54, 1.807) is 11.1 Å². The maximum absolute atomic E-state index is 13.9. The highest BCUT2D eigenvalue weighted by molar-refractivity contribution is 14.1. The molecule has 0 bridgehead atoms. The number of hydrogen-bond acceptors (Lipinski definition) is 12. The van der Waals surface area contributed by atoms with Gasteiger partial charge in [-0.15, -0.1) is 10.2 Å². The smallest absolute Gasteiger partial charge is 0.407 e. The second kappa shape index (κ2) is 19.8. The number of nitrogens with one attached hydrogen (secondary N) is 3. The van der Waals surface area contributed by atoms with Crippen LogP contribution < -0.4 is 16.2 Å². The predicted octanol–water partition coefficient (Wildman–Crippen LogP) is 7.82. The molecule has 6 atom stereocenters. The number of alkyl carbamates (subject to hydrolysis) is 2. The molecule has 3 amide bonds. The van der Waals surface area contributed by atoms with Crippen LogP contribution in [0.4, 0.5) is 9.59 Å². The molecule has 2 saturated heterocycles. The molecule has 2 aliphatic carbocycles. The van der Waals surface area contributed by atoms with Crippen LogP contribution in [0, 0.1) is 11.3 Å². The zero-order chi connectivity index (χ0) is 47.9. The number of H-pyrrole nitrogens is 1. The average molecular weight is 1040 g/mol. The van der Waals surface area contributed by atoms with Crippen LogP contribution in [0.3, 0.4) is 0 Å². The summed E-state index contributed by atoms with van der Waals surface area (Å²) in [6.07, 6.45) is 9.41. The summed E-state index contributed by atoms with van der Waals surface area (Å²) < 4.78 is 9.40. The summed E-state index contributed by atoms with van der Waals surface area (Å²) in [5.41, 5.74) is 9.22. The van der Waals surface area contributed by atoms with Crippen molar-refractivity contribution < 1.29 is 29.0 Å². The van der Waals surface area contributed by atoms with E-state index >= 15 is 0 Å². The Kier molecular flexibility index (Phi) is 13.9. The number of benzene rings is 3. The van der Waals surface area contributed by atoms with Gasteiger partial charge in [0.2, 0.25) is 5.91 Å². The molecule has 358 valence electrons. The number of alkyl halides is 1. The number of likely N-dealkylation sites (tertiary alicyclic amines) is 2. The van der Waals surface area contributed by atoms with Crippen LogP contribution in [0.15, 0.2) is 65.6 Å². The third kappa shape index (κ3) is 9.32. The molecule has 2 unspecified atom stereocenters. The monoisotopic (exact) mass is 1040 g/mol. The molecule has 4 aliphatic rings. The fourth-order valence-electron chi connectivity index (χ4n) is 11.2. The van der Waals surface area contributed by atoms with Gasteiger partial charge in [0.05, 0.1) is 49.4 Å². The van der Waals surface area contributed by atoms with Gasteiger partial charge < -0.3 is 35.1 Å². The molecule has 3 fully saturated rings. The first-order valence-corrected chi connectivity index (χ1v) is 25.1. The molecule has 1 saturated carbocycles. The van der Waals surface area contributed by atoms with Crippen molar-refractivity contribution in [1.29, 1.82) is 0 Å². The summed E-state index contributed by atoms with van der Waals surface area (Å²) in [6.45, 7) is 6.89. The number of aliphatic hydroxyl groups is 1. The van der Waals surface area contributed by atoms with Gasteiger partial charge in [-0.25, -0.2) is 19.6 Å². The number of halogens is 1. The fourth-order valence-corrected chi connectivity index (χ4v) is 11.7. The lowest BCUT2D eigenvalue weighted by atomic mass is 9.82. The van der Waals surface area contributed by atoms with Gasteiger partial charge in [0.25, 0.3) is 5.56 Å². The summed E-state index contributed by atoms with van der Waals surface area (Å²) >= 11 is 2.13. The molecule has 17 heteroatoms. The Morgan fingerprint density at radius 2 is 1.46 bits per heavy atom. The predicted molar refractivity (Wildman–Crippen MR) is 266 cm³/mol. The van der Waals surface area contributed by atoms with Crippen molar-refractivity contribution in [3.8, 4) is 33.5 Å². The van der Waals surface area contributed by atoms with Gasteiger partial charge in [-0.2, -0.15) is 0 Å². The van der Waals surface area contributed by atoms with Crippen molar-refractivity contribution in [2.75, 3.05) is 27.3 Å². The third-order valence-corrected chi connectivity index (χ3v) is 15.5. The van der Waals surface area contributed by atoms with E-state index in [9.17, 15) is 24.3 Å². The normalized spacial score (nSPS) is 20.6. The van der Waals surface area contributed by atoms with Crippen molar-refractivity contribution in [3.05, 3.63) is 93.9 Å². The lowest BCUT2D eigenvalue weighted by Gasteiger charge is -2.35. The van der Waals surface area contributed by atoms with Crippen molar-refractivity contribution in [1.82, 2.24) is 45.6 Å². The first-order valence-electron chi connectivity index (χ1n) is 23.8. The summed E-state index contributed by atoms with van der Waals surface area (Å²) in [4.78, 5) is 68.2. The Labute approximate surface area is 409 Å². The summed E-state index contributed by atoms with van der Waals surface area (Å²) in [7, 11) is 2.58. The maximum atomic E-state index is 13.9. The number of ether oxygens (including phenoxy) is 2. The molecule has 5 aromatic rings. The molecule has 4 heterocycles. The Morgan fingerprint density at radius 1 is 0.824 bits per heavy atom. The highest BCUT2D eigenvalue weighted by Gasteiger charge is 2.43. The maximum Gasteiger partial charge on any atom is 0.407 e. The van der Waals surface area contributed by atoms with Gasteiger partial charge in [-0.05, 0) is 108 Å². The molecule has 4 N–H and O–H groups in total. The summed E-state index contributed by atoms with van der Waals surface area (Å²) in [6, 6.07) is 16.8. The van der Waals surface area contributed by atoms with E-state index in [-0.39, 0.29) is 32.8 Å². The number of hydrogen-bond donors (Lipinski definition) is 4. The average Bonchev–Trinajstić information content (AvgIpc) is 4.19. The number of aromatic amines is 1. The van der Waals surface area contributed by atoms with E-state index in [4.69, 9.17) is 19.4 Å². The van der Waals surface area contributed by atoms with Crippen LogP contribution in [0.5, 0.6) is 0 Å². The number of methoxy groups -OCH3 is 2. The van der Waals surface area contributed by atoms with Crippen molar-refractivity contribution in [2.45, 2.75) is 119 Å². The van der Waals surface area contributed by atoms with E-state index in [2.05, 4.69) is 90.9 Å². The summed E-state index contributed by atoms with van der Waals surface area (Å²) in [5, 5.41) is 26.5. The largest absolute Gasteiger partial charge is 0.453 e. The molecular weight excluding hydrogens is 978 g/mol. The van der Waals surface area contributed by atoms with E-state index in [1.807, 2.05) is 37.8 Å². The van der Waals surface area contributed by atoms with Gasteiger partial charge in [0.15, 0.2) is 5.82 Å². The minimum Gasteiger partial charge on any atom is -0.453 e. The second-order valence-corrected chi connectivity index (χ2v) is 21.3. The lowest BCUT2D eigenvalue weighted by molar-refractivity contribution is -0.134. The number of carbonyl (C=O) groups is 3. The van der Waals surface area contributed by atoms with Gasteiger partial charge in [0, 0.05) is 22.6 Å². The topological polar surface area (TPSA) is 205 Å². The molecule has 3 aromatic carbocycles. The van der Waals surface area contributed by atoms with Crippen LogP contribution in [0.2, 0.25) is 0 Å². The number of aromatic nitrogens is 5. The van der Waals surface area contributed by atoms with E-state index in [0.717, 1.165) is 54.4 Å². The number of amides is 3. The molecule has 0 radical (unpaired) electrons. The minimum atomic E-state index is -0.947. The standard InChI is InChI=1S/C51H60IN9O7/c1-28(2)42(55-49(65)67-4)47(63)60-22-8-10-40(60)44-53-27-39(58-59-44)31-14-12-30(13-15-31)33-17-18-34(37-26-51(25-36(33)37)20-6-7-21-51)32-16-19-38-35(24-32)46(62)57-45(54-38)41-11-9-23-61(41)48(64)43(29(3)52)56-50(66)68-5/h12-19,24,27-29,40-43,47,63H,6-11,20-23,25-26H2,1-5H3,(H,55,65)(H,56,66)(H,54,57,62)/t29?,40-,41-,42-,43-,47?/m0/s1. The molecule has 2 aromatic heterocycles. The Balaban J connectivity index is 0.960.